The van der Waals surface area contributed by atoms with E-state index in [2.05, 4.69) is 15.3 Å². The van der Waals surface area contributed by atoms with E-state index in [4.69, 9.17) is 0 Å². The first kappa shape index (κ1) is 12.1. The summed E-state index contributed by atoms with van der Waals surface area (Å²) in [5, 5.41) is 2.94. The third-order valence-electron chi connectivity index (χ3n) is 3.48. The zero-order valence-electron chi connectivity index (χ0n) is 10.2. The predicted octanol–water partition coefficient (Wildman–Crippen LogP) is 2.39. The molecule has 2 rings (SSSR count). The molecule has 1 aliphatic rings. The predicted molar refractivity (Wildman–Crippen MR) is 66.2 cm³/mol. The summed E-state index contributed by atoms with van der Waals surface area (Å²) in [5.74, 6) is 0.769. The Balaban J connectivity index is 1.69. The molecule has 1 saturated carbocycles. The largest absolute Gasteiger partial charge is 0.350 e. The number of H-pyrrole nitrogens is 1. The van der Waals surface area contributed by atoms with Crippen LogP contribution in [0.1, 0.15) is 50.6 Å². The van der Waals surface area contributed by atoms with Gasteiger partial charge in [-0.3, -0.25) is 4.79 Å². The van der Waals surface area contributed by atoms with Crippen molar-refractivity contribution in [1.29, 1.82) is 0 Å². The van der Waals surface area contributed by atoms with Gasteiger partial charge in [-0.15, -0.1) is 0 Å². The fourth-order valence-electron chi connectivity index (χ4n) is 2.48. The van der Waals surface area contributed by atoms with Crippen LogP contribution in [0.4, 0.5) is 0 Å². The normalized spacial score (nSPS) is 17.6. The van der Waals surface area contributed by atoms with E-state index in [9.17, 15) is 4.79 Å². The molecular weight excluding hydrogens is 214 g/mol. The van der Waals surface area contributed by atoms with Crippen molar-refractivity contribution in [3.8, 4) is 0 Å². The topological polar surface area (TPSA) is 57.8 Å². The Hall–Kier alpha value is -1.32. The SMILES string of the molecule is O=C(CC1CCCCCC1)NCc1cnc[nH]1. The first-order chi connectivity index (χ1) is 8.34. The molecule has 0 saturated heterocycles. The molecular formula is C13H21N3O. The molecule has 0 aromatic carbocycles. The van der Waals surface area contributed by atoms with Crippen molar-refractivity contribution in [2.75, 3.05) is 0 Å². The Labute approximate surface area is 102 Å². The van der Waals surface area contributed by atoms with Gasteiger partial charge in [-0.2, -0.15) is 0 Å². The number of aromatic amines is 1. The number of carbonyl (C=O) groups excluding carboxylic acids is 1. The number of nitrogens with zero attached hydrogens (tertiary/aromatic N) is 1. The average molecular weight is 235 g/mol. The van der Waals surface area contributed by atoms with E-state index in [-0.39, 0.29) is 5.91 Å². The summed E-state index contributed by atoms with van der Waals surface area (Å²) < 4.78 is 0. The van der Waals surface area contributed by atoms with E-state index in [1.165, 1.54) is 38.5 Å². The molecule has 1 fully saturated rings. The number of aromatic nitrogens is 2. The highest BCUT2D eigenvalue weighted by Crippen LogP contribution is 2.25. The smallest absolute Gasteiger partial charge is 0.220 e. The van der Waals surface area contributed by atoms with Gasteiger partial charge in [0.2, 0.25) is 5.91 Å². The van der Waals surface area contributed by atoms with Crippen molar-refractivity contribution >= 4 is 5.91 Å². The molecule has 0 spiro atoms. The second-order valence-corrected chi connectivity index (χ2v) is 4.92. The van der Waals surface area contributed by atoms with Crippen molar-refractivity contribution in [2.45, 2.75) is 51.5 Å². The average Bonchev–Trinajstić information content (AvgIpc) is 2.72. The Morgan fingerprint density at radius 1 is 1.35 bits per heavy atom. The second-order valence-electron chi connectivity index (χ2n) is 4.92. The Kier molecular flexibility index (Phi) is 4.59. The third kappa shape index (κ3) is 4.21. The Morgan fingerprint density at radius 2 is 2.12 bits per heavy atom. The molecule has 0 atom stereocenters. The van der Waals surface area contributed by atoms with Crippen molar-refractivity contribution in [1.82, 2.24) is 15.3 Å². The second kappa shape index (κ2) is 6.42. The summed E-state index contributed by atoms with van der Waals surface area (Å²) in [6, 6.07) is 0. The van der Waals surface area contributed by atoms with Gasteiger partial charge in [0.15, 0.2) is 0 Å². The minimum atomic E-state index is 0.173. The van der Waals surface area contributed by atoms with Crippen LogP contribution in [-0.2, 0) is 11.3 Å². The van der Waals surface area contributed by atoms with Crippen molar-refractivity contribution in [3.63, 3.8) is 0 Å². The van der Waals surface area contributed by atoms with Gasteiger partial charge < -0.3 is 10.3 Å². The molecule has 1 aromatic rings. The molecule has 1 amide bonds. The maximum absolute atomic E-state index is 11.8. The van der Waals surface area contributed by atoms with E-state index < -0.39 is 0 Å². The summed E-state index contributed by atoms with van der Waals surface area (Å²) >= 11 is 0. The highest BCUT2D eigenvalue weighted by atomic mass is 16.1. The zero-order chi connectivity index (χ0) is 11.9. The minimum absolute atomic E-state index is 0.173. The molecule has 1 aliphatic carbocycles. The van der Waals surface area contributed by atoms with Crippen LogP contribution >= 0.6 is 0 Å². The molecule has 1 aromatic heterocycles. The molecule has 2 N–H and O–H groups in total. The first-order valence-corrected chi connectivity index (χ1v) is 6.58. The Bertz CT molecular complexity index is 326. The summed E-state index contributed by atoms with van der Waals surface area (Å²) in [6.45, 7) is 0.561. The number of nitrogens with one attached hydrogen (secondary N) is 2. The Morgan fingerprint density at radius 3 is 2.76 bits per heavy atom. The van der Waals surface area contributed by atoms with E-state index in [1.807, 2.05) is 0 Å². The van der Waals surface area contributed by atoms with Gasteiger partial charge in [0, 0.05) is 12.6 Å². The van der Waals surface area contributed by atoms with Crippen LogP contribution in [-0.4, -0.2) is 15.9 Å². The van der Waals surface area contributed by atoms with Crippen LogP contribution in [0.15, 0.2) is 12.5 Å². The zero-order valence-corrected chi connectivity index (χ0v) is 10.2. The third-order valence-corrected chi connectivity index (χ3v) is 3.48. The minimum Gasteiger partial charge on any atom is -0.350 e. The van der Waals surface area contributed by atoms with Gasteiger partial charge in [-0.1, -0.05) is 25.7 Å². The van der Waals surface area contributed by atoms with Gasteiger partial charge in [-0.05, 0) is 18.8 Å². The van der Waals surface area contributed by atoms with Crippen LogP contribution in [0, 0.1) is 5.92 Å². The lowest BCUT2D eigenvalue weighted by molar-refractivity contribution is -0.122. The van der Waals surface area contributed by atoms with Crippen molar-refractivity contribution in [3.05, 3.63) is 18.2 Å². The summed E-state index contributed by atoms with van der Waals surface area (Å²) in [4.78, 5) is 18.7. The molecule has 4 nitrogen and oxygen atoms in total. The van der Waals surface area contributed by atoms with E-state index >= 15 is 0 Å². The fourth-order valence-corrected chi connectivity index (χ4v) is 2.48. The number of rotatable bonds is 4. The summed E-state index contributed by atoms with van der Waals surface area (Å²) in [6.07, 6.45) is 11.8. The molecule has 0 radical (unpaired) electrons. The number of carbonyl (C=O) groups is 1. The molecule has 17 heavy (non-hydrogen) atoms. The lowest BCUT2D eigenvalue weighted by Crippen LogP contribution is -2.25. The van der Waals surface area contributed by atoms with Gasteiger partial charge in [-0.25, -0.2) is 4.98 Å². The maximum Gasteiger partial charge on any atom is 0.220 e. The monoisotopic (exact) mass is 235 g/mol. The molecule has 0 aliphatic heterocycles. The van der Waals surface area contributed by atoms with Crippen LogP contribution in [0.5, 0.6) is 0 Å². The number of imidazole rings is 1. The quantitative estimate of drug-likeness (QED) is 0.787. The number of hydrogen-bond acceptors (Lipinski definition) is 2. The summed E-state index contributed by atoms with van der Waals surface area (Å²) in [5.41, 5.74) is 0.958. The van der Waals surface area contributed by atoms with Gasteiger partial charge in [0.05, 0.1) is 18.6 Å². The fraction of sp³-hybridized carbons (Fsp3) is 0.692. The molecule has 4 heteroatoms. The van der Waals surface area contributed by atoms with Crippen LogP contribution in [0.25, 0.3) is 0 Å². The molecule has 0 unspecified atom stereocenters. The van der Waals surface area contributed by atoms with Crippen LogP contribution in [0.2, 0.25) is 0 Å². The van der Waals surface area contributed by atoms with Gasteiger partial charge >= 0.3 is 0 Å². The van der Waals surface area contributed by atoms with Crippen LogP contribution < -0.4 is 5.32 Å². The lowest BCUT2D eigenvalue weighted by Gasteiger charge is -2.13. The lowest BCUT2D eigenvalue weighted by atomic mass is 9.96. The van der Waals surface area contributed by atoms with E-state index in [0.29, 0.717) is 18.9 Å². The van der Waals surface area contributed by atoms with Gasteiger partial charge in [0.1, 0.15) is 0 Å². The molecule has 1 heterocycles. The highest BCUT2D eigenvalue weighted by Gasteiger charge is 2.15. The van der Waals surface area contributed by atoms with E-state index in [0.717, 1.165) is 5.69 Å². The number of hydrogen-bond donors (Lipinski definition) is 2. The van der Waals surface area contributed by atoms with Crippen LogP contribution in [0.3, 0.4) is 0 Å². The van der Waals surface area contributed by atoms with Crippen molar-refractivity contribution < 1.29 is 4.79 Å². The van der Waals surface area contributed by atoms with E-state index in [1.54, 1.807) is 12.5 Å². The summed E-state index contributed by atoms with van der Waals surface area (Å²) in [7, 11) is 0. The maximum atomic E-state index is 11.8. The first-order valence-electron chi connectivity index (χ1n) is 6.58. The van der Waals surface area contributed by atoms with Gasteiger partial charge in [0.25, 0.3) is 0 Å². The highest BCUT2D eigenvalue weighted by molar-refractivity contribution is 5.76. The van der Waals surface area contributed by atoms with Crippen molar-refractivity contribution in [2.24, 2.45) is 5.92 Å². The molecule has 94 valence electrons. The number of amides is 1. The molecule has 0 bridgehead atoms. The standard InChI is InChI=1S/C13H21N3O/c17-13(15-9-12-8-14-10-16-12)7-11-5-3-1-2-4-6-11/h8,10-11H,1-7,9H2,(H,14,16)(H,15,17).